The van der Waals surface area contributed by atoms with Crippen molar-refractivity contribution < 1.29 is 4.79 Å². The third-order valence-corrected chi connectivity index (χ3v) is 3.43. The highest BCUT2D eigenvalue weighted by molar-refractivity contribution is 7.98. The molecule has 2 unspecified atom stereocenters. The van der Waals surface area contributed by atoms with E-state index in [1.165, 1.54) is 0 Å². The molecule has 1 rings (SSSR count). The smallest absolute Gasteiger partial charge is 0.239 e. The van der Waals surface area contributed by atoms with E-state index in [2.05, 4.69) is 6.92 Å². The quantitative estimate of drug-likeness (QED) is 0.765. The van der Waals surface area contributed by atoms with Gasteiger partial charge in [-0.15, -0.1) is 0 Å². The number of carbonyl (C=O) groups excluding carboxylic acids is 1. The Kier molecular flexibility index (Phi) is 4.75. The van der Waals surface area contributed by atoms with Gasteiger partial charge in [-0.3, -0.25) is 4.79 Å². The van der Waals surface area contributed by atoms with Gasteiger partial charge < -0.3 is 10.6 Å². The van der Waals surface area contributed by atoms with Gasteiger partial charge in [0, 0.05) is 12.6 Å². The maximum atomic E-state index is 11.9. The highest BCUT2D eigenvalue weighted by atomic mass is 32.2. The fourth-order valence-electron chi connectivity index (χ4n) is 1.84. The zero-order chi connectivity index (χ0) is 10.6. The minimum atomic E-state index is -0.289. The first-order valence-electron chi connectivity index (χ1n) is 5.21. The van der Waals surface area contributed by atoms with Crippen LogP contribution < -0.4 is 5.73 Å². The molecule has 1 amide bonds. The number of carbonyl (C=O) groups is 1. The lowest BCUT2D eigenvalue weighted by Gasteiger charge is -2.24. The van der Waals surface area contributed by atoms with Gasteiger partial charge in [0.1, 0.15) is 0 Å². The second kappa shape index (κ2) is 5.61. The minimum absolute atomic E-state index is 0.143. The number of likely N-dealkylation sites (tertiary alicyclic amines) is 1. The van der Waals surface area contributed by atoms with E-state index in [1.807, 2.05) is 11.2 Å². The van der Waals surface area contributed by atoms with Gasteiger partial charge in [-0.2, -0.15) is 11.8 Å². The van der Waals surface area contributed by atoms with Gasteiger partial charge in [0.25, 0.3) is 0 Å². The number of nitrogens with zero attached hydrogens (tertiary/aromatic N) is 1. The molecule has 82 valence electrons. The van der Waals surface area contributed by atoms with Crippen molar-refractivity contribution in [3.8, 4) is 0 Å². The summed E-state index contributed by atoms with van der Waals surface area (Å²) < 4.78 is 0. The molecule has 0 spiro atoms. The first-order valence-corrected chi connectivity index (χ1v) is 6.61. The van der Waals surface area contributed by atoms with Crippen molar-refractivity contribution in [1.29, 1.82) is 0 Å². The fraction of sp³-hybridized carbons (Fsp3) is 0.900. The van der Waals surface area contributed by atoms with Crippen LogP contribution in [-0.2, 0) is 4.79 Å². The molecule has 1 saturated heterocycles. The molecule has 1 heterocycles. The van der Waals surface area contributed by atoms with Gasteiger partial charge in [-0.05, 0) is 38.2 Å². The molecule has 14 heavy (non-hydrogen) atoms. The summed E-state index contributed by atoms with van der Waals surface area (Å²) in [6.45, 7) is 3.00. The molecule has 0 radical (unpaired) electrons. The van der Waals surface area contributed by atoms with Crippen LogP contribution in [0.5, 0.6) is 0 Å². The van der Waals surface area contributed by atoms with Crippen LogP contribution in [0.1, 0.15) is 26.2 Å². The first kappa shape index (κ1) is 11.9. The third kappa shape index (κ3) is 2.89. The zero-order valence-corrected chi connectivity index (χ0v) is 9.85. The van der Waals surface area contributed by atoms with Crippen molar-refractivity contribution in [3.05, 3.63) is 0 Å². The summed E-state index contributed by atoms with van der Waals surface area (Å²) in [5, 5.41) is 0. The topological polar surface area (TPSA) is 46.3 Å². The van der Waals surface area contributed by atoms with Crippen molar-refractivity contribution in [2.75, 3.05) is 18.6 Å². The number of amides is 1. The Balaban J connectivity index is 2.39. The predicted octanol–water partition coefficient (Wildman–Crippen LogP) is 1.08. The second-order valence-electron chi connectivity index (χ2n) is 3.91. The Bertz CT molecular complexity index is 199. The third-order valence-electron chi connectivity index (χ3n) is 2.79. The molecule has 1 aliphatic rings. The molecule has 0 saturated carbocycles. The maximum Gasteiger partial charge on any atom is 0.239 e. The Hall–Kier alpha value is -0.220. The minimum Gasteiger partial charge on any atom is -0.339 e. The van der Waals surface area contributed by atoms with Crippen molar-refractivity contribution in [2.45, 2.75) is 38.3 Å². The molecule has 0 aromatic heterocycles. The Morgan fingerprint density at radius 2 is 2.43 bits per heavy atom. The predicted molar refractivity (Wildman–Crippen MR) is 61.4 cm³/mol. The van der Waals surface area contributed by atoms with E-state index < -0.39 is 0 Å². The molecule has 0 aromatic rings. The Morgan fingerprint density at radius 3 is 2.93 bits per heavy atom. The fourth-order valence-corrected chi connectivity index (χ4v) is 2.33. The summed E-state index contributed by atoms with van der Waals surface area (Å²) in [5.74, 6) is 1.11. The number of nitrogens with two attached hydrogens (primary N) is 1. The van der Waals surface area contributed by atoms with Crippen molar-refractivity contribution in [1.82, 2.24) is 4.90 Å². The number of hydrogen-bond donors (Lipinski definition) is 1. The lowest BCUT2D eigenvalue weighted by molar-refractivity contribution is -0.133. The molecule has 2 N–H and O–H groups in total. The van der Waals surface area contributed by atoms with Crippen LogP contribution in [0.4, 0.5) is 0 Å². The summed E-state index contributed by atoms with van der Waals surface area (Å²) in [7, 11) is 0. The van der Waals surface area contributed by atoms with E-state index in [-0.39, 0.29) is 11.9 Å². The van der Waals surface area contributed by atoms with Crippen LogP contribution >= 0.6 is 11.8 Å². The van der Waals surface area contributed by atoms with Gasteiger partial charge in [0.15, 0.2) is 0 Å². The molecule has 4 heteroatoms. The summed E-state index contributed by atoms with van der Waals surface area (Å²) in [6, 6.07) is 0.103. The van der Waals surface area contributed by atoms with Crippen LogP contribution in [0, 0.1) is 0 Å². The Labute approximate surface area is 90.4 Å². The van der Waals surface area contributed by atoms with E-state index in [4.69, 9.17) is 5.73 Å². The summed E-state index contributed by atoms with van der Waals surface area (Å²) in [6.07, 6.45) is 5.09. The van der Waals surface area contributed by atoms with Gasteiger partial charge in [-0.1, -0.05) is 0 Å². The van der Waals surface area contributed by atoms with E-state index in [0.717, 1.165) is 31.6 Å². The molecule has 0 bridgehead atoms. The molecular weight excluding hydrogens is 196 g/mol. The van der Waals surface area contributed by atoms with Gasteiger partial charge in [0.2, 0.25) is 5.91 Å². The largest absolute Gasteiger partial charge is 0.339 e. The highest BCUT2D eigenvalue weighted by Gasteiger charge is 2.28. The first-order chi connectivity index (χ1) is 6.66. The average molecular weight is 216 g/mol. The molecule has 0 aromatic carbocycles. The molecule has 1 fully saturated rings. The van der Waals surface area contributed by atoms with Crippen LogP contribution in [0.2, 0.25) is 0 Å². The van der Waals surface area contributed by atoms with Crippen molar-refractivity contribution in [2.24, 2.45) is 5.73 Å². The molecule has 1 aliphatic heterocycles. The van der Waals surface area contributed by atoms with Gasteiger partial charge >= 0.3 is 0 Å². The molecule has 2 atom stereocenters. The van der Waals surface area contributed by atoms with E-state index in [1.54, 1.807) is 11.8 Å². The lowest BCUT2D eigenvalue weighted by atomic mass is 10.2. The normalized spacial score (nSPS) is 23.9. The van der Waals surface area contributed by atoms with Gasteiger partial charge in [-0.25, -0.2) is 0 Å². The van der Waals surface area contributed by atoms with Crippen molar-refractivity contribution in [3.63, 3.8) is 0 Å². The maximum absolute atomic E-state index is 11.9. The number of thioether (sulfide) groups is 1. The average Bonchev–Trinajstić information content (AvgIpc) is 2.59. The molecular formula is C10H20N2OS. The standard InChI is InChI=1S/C10H20N2OS/c1-8-4-3-6-12(8)10(13)9(11)5-7-14-2/h8-9H,3-7,11H2,1-2H3. The summed E-state index contributed by atoms with van der Waals surface area (Å²) in [5.41, 5.74) is 5.84. The zero-order valence-electron chi connectivity index (χ0n) is 9.03. The Morgan fingerprint density at radius 1 is 1.71 bits per heavy atom. The lowest BCUT2D eigenvalue weighted by Crippen LogP contribution is -2.45. The SMILES string of the molecule is CSCCC(N)C(=O)N1CCCC1C. The van der Waals surface area contributed by atoms with E-state index in [0.29, 0.717) is 6.04 Å². The van der Waals surface area contributed by atoms with E-state index >= 15 is 0 Å². The highest BCUT2D eigenvalue weighted by Crippen LogP contribution is 2.17. The molecule has 3 nitrogen and oxygen atoms in total. The summed E-state index contributed by atoms with van der Waals surface area (Å²) >= 11 is 1.74. The van der Waals surface area contributed by atoms with Crippen LogP contribution in [-0.4, -0.2) is 41.4 Å². The van der Waals surface area contributed by atoms with Crippen LogP contribution in [0.15, 0.2) is 0 Å². The number of rotatable bonds is 4. The molecule has 0 aliphatic carbocycles. The van der Waals surface area contributed by atoms with Crippen LogP contribution in [0.25, 0.3) is 0 Å². The van der Waals surface area contributed by atoms with E-state index in [9.17, 15) is 4.79 Å². The van der Waals surface area contributed by atoms with Crippen molar-refractivity contribution >= 4 is 17.7 Å². The van der Waals surface area contributed by atoms with Crippen LogP contribution in [0.3, 0.4) is 0 Å². The number of hydrogen-bond acceptors (Lipinski definition) is 3. The van der Waals surface area contributed by atoms with Gasteiger partial charge in [0.05, 0.1) is 6.04 Å². The summed E-state index contributed by atoms with van der Waals surface area (Å²) in [4.78, 5) is 13.8. The monoisotopic (exact) mass is 216 g/mol. The second-order valence-corrected chi connectivity index (χ2v) is 4.90.